The normalized spacial score (nSPS) is 16.2. The molecule has 1 unspecified atom stereocenters. The number of unbranched alkanes of at least 4 members (excludes halogenated alkanes) is 2. The second kappa shape index (κ2) is 10.4. The number of fused-ring (bicyclic) bond motifs is 1. The molecule has 0 bridgehead atoms. The van der Waals surface area contributed by atoms with Gasteiger partial charge in [-0.25, -0.2) is 5.10 Å². The molecule has 1 atom stereocenters. The van der Waals surface area contributed by atoms with Gasteiger partial charge in [0.25, 0.3) is 5.56 Å². The molecule has 6 nitrogen and oxygen atoms in total. The molecule has 0 amide bonds. The maximum atomic E-state index is 12.0. The lowest BCUT2D eigenvalue weighted by Gasteiger charge is -2.11. The van der Waals surface area contributed by atoms with Gasteiger partial charge in [-0.05, 0) is 50.4 Å². The van der Waals surface area contributed by atoms with E-state index in [9.17, 15) is 4.79 Å². The molecule has 1 saturated heterocycles. The first kappa shape index (κ1) is 20.6. The quantitative estimate of drug-likeness (QED) is 0.445. The van der Waals surface area contributed by atoms with Crippen LogP contribution in [0.1, 0.15) is 32.1 Å². The van der Waals surface area contributed by atoms with Crippen molar-refractivity contribution in [3.63, 3.8) is 0 Å². The number of benzene rings is 2. The van der Waals surface area contributed by atoms with Gasteiger partial charge in [0.05, 0.1) is 17.2 Å². The Morgan fingerprint density at radius 3 is 2.77 bits per heavy atom. The van der Waals surface area contributed by atoms with Crippen molar-refractivity contribution in [1.82, 2.24) is 15.5 Å². The number of rotatable bonds is 10. The highest BCUT2D eigenvalue weighted by molar-refractivity contribution is 5.94. The lowest BCUT2D eigenvalue weighted by atomic mass is 10.0. The zero-order chi connectivity index (χ0) is 20.6. The van der Waals surface area contributed by atoms with Gasteiger partial charge in [0.1, 0.15) is 0 Å². The molecular formula is C24H30N4O2. The summed E-state index contributed by atoms with van der Waals surface area (Å²) in [6.45, 7) is 3.90. The summed E-state index contributed by atoms with van der Waals surface area (Å²) in [5.74, 6) is 0. The van der Waals surface area contributed by atoms with E-state index in [1.165, 1.54) is 25.7 Å². The first-order chi connectivity index (χ1) is 14.8. The molecule has 1 aliphatic rings. The predicted molar refractivity (Wildman–Crippen MR) is 122 cm³/mol. The standard InChI is InChI=1S/C24H30N4O2/c29-24-22-12-3-2-11-21(22)23(27-28-24)18-8-6-9-19(16-18)26-14-5-1-4-13-25-17-20-10-7-15-30-20/h2-3,6,8-9,11-12,16,20,25-26H,1,4-5,7,10,13-15,17H2,(H,28,29). The lowest BCUT2D eigenvalue weighted by molar-refractivity contribution is 0.110. The Hall–Kier alpha value is -2.70. The van der Waals surface area contributed by atoms with E-state index in [1.54, 1.807) is 0 Å². The first-order valence-corrected chi connectivity index (χ1v) is 11.0. The van der Waals surface area contributed by atoms with E-state index in [-0.39, 0.29) is 5.56 Å². The Morgan fingerprint density at radius 2 is 1.90 bits per heavy atom. The first-order valence-electron chi connectivity index (χ1n) is 11.0. The molecule has 0 radical (unpaired) electrons. The number of ether oxygens (including phenoxy) is 1. The van der Waals surface area contributed by atoms with Gasteiger partial charge in [0, 0.05) is 36.3 Å². The van der Waals surface area contributed by atoms with Gasteiger partial charge in [-0.15, -0.1) is 0 Å². The van der Waals surface area contributed by atoms with Crippen molar-refractivity contribution in [2.24, 2.45) is 0 Å². The van der Waals surface area contributed by atoms with Crippen molar-refractivity contribution >= 4 is 16.5 Å². The number of hydrogen-bond acceptors (Lipinski definition) is 5. The Morgan fingerprint density at radius 1 is 1.03 bits per heavy atom. The van der Waals surface area contributed by atoms with Crippen molar-refractivity contribution in [1.29, 1.82) is 0 Å². The molecule has 2 aromatic carbocycles. The Balaban J connectivity index is 1.25. The number of aromatic nitrogens is 2. The minimum atomic E-state index is -0.158. The van der Waals surface area contributed by atoms with Gasteiger partial charge in [0.2, 0.25) is 0 Å². The van der Waals surface area contributed by atoms with E-state index in [1.807, 2.05) is 36.4 Å². The maximum Gasteiger partial charge on any atom is 0.272 e. The number of anilines is 1. The van der Waals surface area contributed by atoms with E-state index < -0.39 is 0 Å². The molecule has 30 heavy (non-hydrogen) atoms. The largest absolute Gasteiger partial charge is 0.385 e. The fraction of sp³-hybridized carbons (Fsp3) is 0.417. The van der Waals surface area contributed by atoms with Gasteiger partial charge < -0.3 is 15.4 Å². The molecule has 4 rings (SSSR count). The smallest absolute Gasteiger partial charge is 0.272 e. The third kappa shape index (κ3) is 5.26. The molecule has 0 spiro atoms. The molecule has 0 saturated carbocycles. The number of aromatic amines is 1. The number of nitrogens with zero attached hydrogens (tertiary/aromatic N) is 1. The van der Waals surface area contributed by atoms with Crippen LogP contribution in [-0.4, -0.2) is 42.5 Å². The van der Waals surface area contributed by atoms with Crippen LogP contribution in [0.3, 0.4) is 0 Å². The molecule has 1 aliphatic heterocycles. The molecule has 3 aromatic rings. The predicted octanol–water partition coefficient (Wildman–Crippen LogP) is 3.94. The summed E-state index contributed by atoms with van der Waals surface area (Å²) in [5.41, 5.74) is 2.70. The summed E-state index contributed by atoms with van der Waals surface area (Å²) in [5, 5.41) is 15.5. The zero-order valence-electron chi connectivity index (χ0n) is 17.3. The second-order valence-electron chi connectivity index (χ2n) is 7.85. The minimum Gasteiger partial charge on any atom is -0.385 e. The molecule has 2 heterocycles. The maximum absolute atomic E-state index is 12.0. The number of hydrogen-bond donors (Lipinski definition) is 3. The van der Waals surface area contributed by atoms with Gasteiger partial charge in [-0.2, -0.15) is 5.10 Å². The van der Waals surface area contributed by atoms with Crippen LogP contribution in [-0.2, 0) is 4.74 Å². The monoisotopic (exact) mass is 406 g/mol. The Bertz CT molecular complexity index is 1010. The summed E-state index contributed by atoms with van der Waals surface area (Å²) >= 11 is 0. The minimum absolute atomic E-state index is 0.158. The molecule has 1 aromatic heterocycles. The summed E-state index contributed by atoms with van der Waals surface area (Å²) in [7, 11) is 0. The van der Waals surface area contributed by atoms with Gasteiger partial charge in [-0.3, -0.25) is 4.79 Å². The topological polar surface area (TPSA) is 79.0 Å². The van der Waals surface area contributed by atoms with Gasteiger partial charge in [-0.1, -0.05) is 36.8 Å². The van der Waals surface area contributed by atoms with Crippen LogP contribution in [0.15, 0.2) is 53.3 Å². The van der Waals surface area contributed by atoms with Crippen LogP contribution in [0, 0.1) is 0 Å². The van der Waals surface area contributed by atoms with Crippen LogP contribution in [0.2, 0.25) is 0 Å². The molecule has 1 fully saturated rings. The lowest BCUT2D eigenvalue weighted by Crippen LogP contribution is -2.27. The van der Waals surface area contributed by atoms with Crippen LogP contribution < -0.4 is 16.2 Å². The van der Waals surface area contributed by atoms with E-state index >= 15 is 0 Å². The van der Waals surface area contributed by atoms with Gasteiger partial charge >= 0.3 is 0 Å². The fourth-order valence-electron chi connectivity index (χ4n) is 3.96. The molecule has 3 N–H and O–H groups in total. The fourth-order valence-corrected chi connectivity index (χ4v) is 3.96. The number of nitrogens with one attached hydrogen (secondary N) is 3. The van der Waals surface area contributed by atoms with Crippen molar-refractivity contribution in [3.8, 4) is 11.3 Å². The van der Waals surface area contributed by atoms with Crippen molar-refractivity contribution in [2.75, 3.05) is 31.6 Å². The molecular weight excluding hydrogens is 376 g/mol. The average Bonchev–Trinajstić information content (AvgIpc) is 3.30. The average molecular weight is 407 g/mol. The Kier molecular flexibility index (Phi) is 7.11. The van der Waals surface area contributed by atoms with Gasteiger partial charge in [0.15, 0.2) is 0 Å². The summed E-state index contributed by atoms with van der Waals surface area (Å²) in [4.78, 5) is 12.0. The molecule has 0 aliphatic carbocycles. The highest BCUT2D eigenvalue weighted by atomic mass is 16.5. The Labute approximate surface area is 177 Å². The number of H-pyrrole nitrogens is 1. The highest BCUT2D eigenvalue weighted by Gasteiger charge is 2.14. The zero-order valence-corrected chi connectivity index (χ0v) is 17.3. The van der Waals surface area contributed by atoms with Crippen molar-refractivity contribution < 1.29 is 4.74 Å². The third-order valence-electron chi connectivity index (χ3n) is 5.59. The molecule has 158 valence electrons. The van der Waals surface area contributed by atoms with E-state index in [2.05, 4.69) is 33.0 Å². The summed E-state index contributed by atoms with van der Waals surface area (Å²) < 4.78 is 5.62. The van der Waals surface area contributed by atoms with Crippen LogP contribution in [0.5, 0.6) is 0 Å². The van der Waals surface area contributed by atoms with Crippen LogP contribution in [0.4, 0.5) is 5.69 Å². The third-order valence-corrected chi connectivity index (χ3v) is 5.59. The molecule has 6 heteroatoms. The van der Waals surface area contributed by atoms with Crippen LogP contribution >= 0.6 is 0 Å². The highest BCUT2D eigenvalue weighted by Crippen LogP contribution is 2.26. The second-order valence-corrected chi connectivity index (χ2v) is 7.85. The van der Waals surface area contributed by atoms with E-state index in [0.717, 1.165) is 55.0 Å². The van der Waals surface area contributed by atoms with E-state index in [0.29, 0.717) is 11.5 Å². The summed E-state index contributed by atoms with van der Waals surface area (Å²) in [6, 6.07) is 15.8. The van der Waals surface area contributed by atoms with E-state index in [4.69, 9.17) is 4.74 Å². The van der Waals surface area contributed by atoms with Crippen molar-refractivity contribution in [3.05, 3.63) is 58.9 Å². The van der Waals surface area contributed by atoms with Crippen molar-refractivity contribution in [2.45, 2.75) is 38.2 Å². The summed E-state index contributed by atoms with van der Waals surface area (Å²) in [6.07, 6.45) is 6.33. The van der Waals surface area contributed by atoms with Crippen LogP contribution in [0.25, 0.3) is 22.0 Å². The SMILES string of the molecule is O=c1[nH]nc(-c2cccc(NCCCCCNCC3CCCO3)c2)c2ccccc12.